The molecule has 1 fully saturated rings. The first kappa shape index (κ1) is 24.4. The van der Waals surface area contributed by atoms with Crippen molar-refractivity contribution in [2.45, 2.75) is 65.0 Å². The maximum atomic E-state index is 11.5. The SMILES string of the molecule is CC(=O)N[C@@H]1CCC(c2nnc(-c3cnc(-c4ccc5cc(C#N)cnn45)cc3NC(C)C)o2)C[C@@H]1C. The highest BCUT2D eigenvalue weighted by atomic mass is 16.4. The molecule has 2 N–H and O–H groups in total. The zero-order chi connectivity index (χ0) is 26.1. The Hall–Kier alpha value is -4.26. The number of nitrogens with zero attached hydrogens (tertiary/aromatic N) is 6. The van der Waals surface area contributed by atoms with Crippen molar-refractivity contribution in [3.63, 3.8) is 0 Å². The summed E-state index contributed by atoms with van der Waals surface area (Å²) in [5, 5.41) is 28.9. The van der Waals surface area contributed by atoms with E-state index in [1.165, 1.54) is 0 Å². The molecule has 37 heavy (non-hydrogen) atoms. The summed E-state index contributed by atoms with van der Waals surface area (Å²) in [6, 6.07) is 10.1. The molecule has 1 amide bonds. The molecule has 0 saturated heterocycles. The minimum Gasteiger partial charge on any atom is -0.420 e. The van der Waals surface area contributed by atoms with Crippen molar-refractivity contribution < 1.29 is 9.21 Å². The smallest absolute Gasteiger partial charge is 0.251 e. The van der Waals surface area contributed by atoms with E-state index in [0.29, 0.717) is 23.3 Å². The van der Waals surface area contributed by atoms with Gasteiger partial charge in [0.25, 0.3) is 5.89 Å². The number of amides is 1. The second-order valence-corrected chi connectivity index (χ2v) is 10.1. The molecule has 5 rings (SSSR count). The molecule has 0 radical (unpaired) electrons. The minimum atomic E-state index is 0.00681. The van der Waals surface area contributed by atoms with E-state index in [1.807, 2.05) is 18.2 Å². The molecule has 0 aliphatic heterocycles. The van der Waals surface area contributed by atoms with Gasteiger partial charge in [0.1, 0.15) is 6.07 Å². The van der Waals surface area contributed by atoms with Crippen LogP contribution in [0, 0.1) is 17.2 Å². The molecular weight excluding hydrogens is 468 g/mol. The number of anilines is 1. The highest BCUT2D eigenvalue weighted by molar-refractivity contribution is 5.77. The van der Waals surface area contributed by atoms with Gasteiger partial charge in [-0.2, -0.15) is 10.4 Å². The summed E-state index contributed by atoms with van der Waals surface area (Å²) in [6.07, 6.45) is 5.93. The number of hydrogen-bond donors (Lipinski definition) is 2. The fraction of sp³-hybridized carbons (Fsp3) is 0.407. The van der Waals surface area contributed by atoms with Gasteiger partial charge in [0.05, 0.1) is 39.9 Å². The molecule has 1 aliphatic rings. The van der Waals surface area contributed by atoms with Crippen LogP contribution in [-0.2, 0) is 4.79 Å². The van der Waals surface area contributed by atoms with Gasteiger partial charge in [0, 0.05) is 31.1 Å². The summed E-state index contributed by atoms with van der Waals surface area (Å²) in [5.41, 5.74) is 4.44. The van der Waals surface area contributed by atoms with Crippen molar-refractivity contribution in [1.82, 2.24) is 30.1 Å². The predicted molar refractivity (Wildman–Crippen MR) is 139 cm³/mol. The molecule has 1 unspecified atom stereocenters. The molecule has 4 aromatic heterocycles. The molecule has 0 spiro atoms. The molecule has 190 valence electrons. The Morgan fingerprint density at radius 2 is 2.05 bits per heavy atom. The van der Waals surface area contributed by atoms with E-state index in [1.54, 1.807) is 29.9 Å². The second-order valence-electron chi connectivity index (χ2n) is 10.1. The van der Waals surface area contributed by atoms with Gasteiger partial charge in [-0.15, -0.1) is 10.2 Å². The van der Waals surface area contributed by atoms with Crippen molar-refractivity contribution in [1.29, 1.82) is 5.26 Å². The molecule has 1 aliphatic carbocycles. The summed E-state index contributed by atoms with van der Waals surface area (Å²) in [4.78, 5) is 16.2. The lowest BCUT2D eigenvalue weighted by atomic mass is 9.79. The quantitative estimate of drug-likeness (QED) is 0.395. The third-order valence-electron chi connectivity index (χ3n) is 6.82. The van der Waals surface area contributed by atoms with Gasteiger partial charge >= 0.3 is 0 Å². The number of nitriles is 1. The lowest BCUT2D eigenvalue weighted by Crippen LogP contribution is -2.41. The minimum absolute atomic E-state index is 0.00681. The van der Waals surface area contributed by atoms with Crippen LogP contribution in [-0.4, -0.2) is 42.8 Å². The predicted octanol–water partition coefficient (Wildman–Crippen LogP) is 4.55. The Morgan fingerprint density at radius 3 is 2.78 bits per heavy atom. The summed E-state index contributed by atoms with van der Waals surface area (Å²) in [5.74, 6) is 1.54. The zero-order valence-electron chi connectivity index (χ0n) is 21.4. The van der Waals surface area contributed by atoms with E-state index >= 15 is 0 Å². The second kappa shape index (κ2) is 10.0. The fourth-order valence-corrected chi connectivity index (χ4v) is 5.05. The van der Waals surface area contributed by atoms with Gasteiger partial charge in [-0.1, -0.05) is 6.92 Å². The number of fused-ring (bicyclic) bond motifs is 1. The van der Waals surface area contributed by atoms with E-state index in [2.05, 4.69) is 52.8 Å². The molecule has 3 atom stereocenters. The van der Waals surface area contributed by atoms with Crippen molar-refractivity contribution in [2.24, 2.45) is 5.92 Å². The van der Waals surface area contributed by atoms with Gasteiger partial charge in [0.15, 0.2) is 0 Å². The third-order valence-corrected chi connectivity index (χ3v) is 6.82. The van der Waals surface area contributed by atoms with Crippen LogP contribution >= 0.6 is 0 Å². The number of carbonyl (C=O) groups is 1. The van der Waals surface area contributed by atoms with Crippen LogP contribution in [0.2, 0.25) is 0 Å². The van der Waals surface area contributed by atoms with Gasteiger partial charge in [-0.25, -0.2) is 4.52 Å². The Bertz CT molecular complexity index is 1480. The highest BCUT2D eigenvalue weighted by Crippen LogP contribution is 2.38. The van der Waals surface area contributed by atoms with Crippen LogP contribution in [0.5, 0.6) is 0 Å². The number of aromatic nitrogens is 5. The van der Waals surface area contributed by atoms with Gasteiger partial charge < -0.3 is 15.1 Å². The number of nitrogens with one attached hydrogen (secondary N) is 2. The lowest BCUT2D eigenvalue weighted by molar-refractivity contribution is -0.120. The van der Waals surface area contributed by atoms with Crippen LogP contribution < -0.4 is 10.6 Å². The topological polar surface area (TPSA) is 134 Å². The van der Waals surface area contributed by atoms with Crippen LogP contribution in [0.1, 0.15) is 64.3 Å². The van der Waals surface area contributed by atoms with Crippen molar-refractivity contribution in [2.75, 3.05) is 5.32 Å². The molecule has 10 heteroatoms. The average molecular weight is 499 g/mol. The summed E-state index contributed by atoms with van der Waals surface area (Å²) < 4.78 is 7.95. The van der Waals surface area contributed by atoms with Crippen molar-refractivity contribution in [3.05, 3.63) is 48.1 Å². The lowest BCUT2D eigenvalue weighted by Gasteiger charge is -2.32. The monoisotopic (exact) mass is 498 g/mol. The standard InChI is InChI=1S/C27H30N8O2/c1-15(2)31-23-11-24(25-8-6-20-10-18(12-28)13-30-35(20)25)29-14-21(23)27-34-33-26(37-27)19-5-7-22(16(3)9-19)32-17(4)36/h6,8,10-11,13-16,19,22H,5,7,9H2,1-4H3,(H,29,31)(H,32,36)/t16-,19?,22+/m0/s1. The van der Waals surface area contributed by atoms with Crippen LogP contribution in [0.4, 0.5) is 5.69 Å². The molecular formula is C27H30N8O2. The van der Waals surface area contributed by atoms with Gasteiger partial charge in [0.2, 0.25) is 11.8 Å². The fourth-order valence-electron chi connectivity index (χ4n) is 5.05. The Balaban J connectivity index is 1.43. The summed E-state index contributed by atoms with van der Waals surface area (Å²) in [6.45, 7) is 7.84. The summed E-state index contributed by atoms with van der Waals surface area (Å²) in [7, 11) is 0. The first-order valence-corrected chi connectivity index (χ1v) is 12.6. The van der Waals surface area contributed by atoms with E-state index in [0.717, 1.165) is 47.4 Å². The van der Waals surface area contributed by atoms with Gasteiger partial charge in [-0.05, 0) is 63.3 Å². The zero-order valence-corrected chi connectivity index (χ0v) is 21.4. The third kappa shape index (κ3) is 5.03. The molecule has 0 aromatic carbocycles. The maximum absolute atomic E-state index is 11.5. The van der Waals surface area contributed by atoms with Crippen LogP contribution in [0.25, 0.3) is 28.4 Å². The summed E-state index contributed by atoms with van der Waals surface area (Å²) >= 11 is 0. The first-order valence-electron chi connectivity index (χ1n) is 12.6. The Morgan fingerprint density at radius 1 is 1.22 bits per heavy atom. The number of hydrogen-bond acceptors (Lipinski definition) is 8. The highest BCUT2D eigenvalue weighted by Gasteiger charge is 2.32. The number of pyridine rings is 1. The van der Waals surface area contributed by atoms with E-state index < -0.39 is 0 Å². The van der Waals surface area contributed by atoms with E-state index in [4.69, 9.17) is 14.7 Å². The van der Waals surface area contributed by atoms with Crippen molar-refractivity contribution >= 4 is 17.1 Å². The van der Waals surface area contributed by atoms with Crippen LogP contribution in [0.15, 0.2) is 41.1 Å². The molecule has 4 aromatic rings. The van der Waals surface area contributed by atoms with Gasteiger partial charge in [-0.3, -0.25) is 9.78 Å². The first-order chi connectivity index (χ1) is 17.8. The average Bonchev–Trinajstić information content (AvgIpc) is 3.52. The Kier molecular flexibility index (Phi) is 6.61. The van der Waals surface area contributed by atoms with E-state index in [-0.39, 0.29) is 23.9 Å². The van der Waals surface area contributed by atoms with Crippen molar-refractivity contribution in [3.8, 4) is 28.9 Å². The molecule has 1 saturated carbocycles. The maximum Gasteiger partial charge on any atom is 0.251 e. The number of carbonyl (C=O) groups excluding carboxylic acids is 1. The van der Waals surface area contributed by atoms with E-state index in [9.17, 15) is 4.79 Å². The molecule has 0 bridgehead atoms. The largest absolute Gasteiger partial charge is 0.420 e. The Labute approximate surface area is 215 Å². The molecule has 4 heterocycles. The molecule has 10 nitrogen and oxygen atoms in total. The normalized spacial score (nSPS) is 19.6. The van der Waals surface area contributed by atoms with Crippen LogP contribution in [0.3, 0.4) is 0 Å². The number of rotatable bonds is 6.